The van der Waals surface area contributed by atoms with Gasteiger partial charge in [-0.15, -0.1) is 5.10 Å². The predicted molar refractivity (Wildman–Crippen MR) is 135 cm³/mol. The molecule has 7 nitrogen and oxygen atoms in total. The molecule has 3 aromatic carbocycles. The minimum absolute atomic E-state index is 0.160. The molecule has 0 saturated carbocycles. The second-order valence-corrected chi connectivity index (χ2v) is 8.43. The van der Waals surface area contributed by atoms with E-state index >= 15 is 0 Å². The third-order valence-corrected chi connectivity index (χ3v) is 5.51. The summed E-state index contributed by atoms with van der Waals surface area (Å²) in [6.45, 7) is 0.897. The largest absolute Gasteiger partial charge is 0.497 e. The number of benzene rings is 3. The Labute approximate surface area is 207 Å². The second-order valence-electron chi connectivity index (χ2n) is 7.56. The molecule has 9 heteroatoms. The molecule has 0 saturated heterocycles. The quantitative estimate of drug-likeness (QED) is 0.310. The lowest BCUT2D eigenvalue weighted by Crippen LogP contribution is -2.18. The average molecular weight is 496 g/mol. The number of anilines is 2. The summed E-state index contributed by atoms with van der Waals surface area (Å²) in [6, 6.07) is 22.3. The Balaban J connectivity index is 1.52. The molecular weight excluding hydrogens is 473 g/mol. The van der Waals surface area contributed by atoms with Crippen LogP contribution in [0.5, 0.6) is 5.75 Å². The molecule has 0 aliphatic heterocycles. The molecule has 0 fully saturated rings. The van der Waals surface area contributed by atoms with Crippen LogP contribution in [0.4, 0.5) is 11.9 Å². The van der Waals surface area contributed by atoms with Crippen LogP contribution < -0.4 is 15.4 Å². The van der Waals surface area contributed by atoms with Crippen LogP contribution in [0, 0.1) is 0 Å². The first-order valence-electron chi connectivity index (χ1n) is 10.6. The number of nitrogens with one attached hydrogen (secondary N) is 2. The molecular formula is C25H23Cl2N5O2. The minimum Gasteiger partial charge on any atom is -0.497 e. The lowest BCUT2D eigenvalue weighted by Gasteiger charge is -2.08. The molecule has 0 bridgehead atoms. The van der Waals surface area contributed by atoms with E-state index in [1.807, 2.05) is 72.8 Å². The van der Waals surface area contributed by atoms with Crippen LogP contribution >= 0.6 is 23.2 Å². The summed E-state index contributed by atoms with van der Waals surface area (Å²) in [6.07, 6.45) is 0.160. The van der Waals surface area contributed by atoms with E-state index in [1.54, 1.807) is 7.11 Å². The van der Waals surface area contributed by atoms with Crippen LogP contribution in [0.1, 0.15) is 21.5 Å². The van der Waals surface area contributed by atoms with Gasteiger partial charge in [-0.3, -0.25) is 4.79 Å². The van der Waals surface area contributed by atoms with E-state index in [0.717, 1.165) is 22.4 Å². The maximum atomic E-state index is 13.1. The number of hydrogen-bond donors (Lipinski definition) is 2. The molecule has 0 aliphatic rings. The molecule has 2 N–H and O–H groups in total. The van der Waals surface area contributed by atoms with E-state index in [4.69, 9.17) is 27.9 Å². The first-order chi connectivity index (χ1) is 16.5. The number of aromatic nitrogens is 3. The van der Waals surface area contributed by atoms with Crippen LogP contribution in [0.25, 0.3) is 0 Å². The third-order valence-electron chi connectivity index (χ3n) is 5.04. The summed E-state index contributed by atoms with van der Waals surface area (Å²) in [5.74, 6) is 1.18. The van der Waals surface area contributed by atoms with Gasteiger partial charge in [0.25, 0.3) is 5.91 Å². The normalized spacial score (nSPS) is 10.7. The topological polar surface area (TPSA) is 81.1 Å². The molecule has 0 spiro atoms. The summed E-state index contributed by atoms with van der Waals surface area (Å²) in [5, 5.41) is 12.1. The van der Waals surface area contributed by atoms with E-state index in [9.17, 15) is 4.79 Å². The van der Waals surface area contributed by atoms with Gasteiger partial charge in [-0.2, -0.15) is 9.67 Å². The van der Waals surface area contributed by atoms with Crippen molar-refractivity contribution in [2.45, 2.75) is 19.5 Å². The Morgan fingerprint density at radius 1 is 0.882 bits per heavy atom. The average Bonchev–Trinajstić information content (AvgIpc) is 3.25. The smallest absolute Gasteiger partial charge is 0.254 e. The highest BCUT2D eigenvalue weighted by Gasteiger charge is 2.17. The van der Waals surface area contributed by atoms with Crippen LogP contribution in [0.3, 0.4) is 0 Å². The van der Waals surface area contributed by atoms with Gasteiger partial charge in [0.05, 0.1) is 13.5 Å². The van der Waals surface area contributed by atoms with Gasteiger partial charge in [-0.1, -0.05) is 59.6 Å². The van der Waals surface area contributed by atoms with Crippen LogP contribution in [0.2, 0.25) is 10.0 Å². The first-order valence-corrected chi connectivity index (χ1v) is 11.4. The Morgan fingerprint density at radius 3 is 2.09 bits per heavy atom. The van der Waals surface area contributed by atoms with Gasteiger partial charge in [-0.25, -0.2) is 0 Å². The number of methoxy groups -OCH3 is 1. The first kappa shape index (κ1) is 23.6. The summed E-state index contributed by atoms with van der Waals surface area (Å²) >= 11 is 12.2. The van der Waals surface area contributed by atoms with E-state index in [2.05, 4.69) is 20.7 Å². The Hall–Kier alpha value is -3.55. The Morgan fingerprint density at radius 2 is 1.50 bits per heavy atom. The summed E-state index contributed by atoms with van der Waals surface area (Å²) in [7, 11) is 1.60. The van der Waals surface area contributed by atoms with Crippen molar-refractivity contribution in [3.05, 3.63) is 99.5 Å². The standard InChI is InChI=1S/C25H23Cl2N5O2/c1-34-22-10-8-17(9-11-22)14-23(33)32-25(29-16-19-5-3-7-21(27)13-19)30-24(31-32)28-15-18-4-2-6-20(26)12-18/h2-13H,14-16H2,1H3,(H2,28,29,30,31). The van der Waals surface area contributed by atoms with Gasteiger partial charge in [0.15, 0.2) is 0 Å². The number of halogens is 2. The van der Waals surface area contributed by atoms with Gasteiger partial charge in [-0.05, 0) is 53.1 Å². The maximum absolute atomic E-state index is 13.1. The van der Waals surface area contributed by atoms with E-state index in [0.29, 0.717) is 35.0 Å². The summed E-state index contributed by atoms with van der Waals surface area (Å²) < 4.78 is 6.47. The van der Waals surface area contributed by atoms with Crippen LogP contribution in [-0.4, -0.2) is 27.8 Å². The Bertz CT molecular complexity index is 1270. The summed E-state index contributed by atoms with van der Waals surface area (Å²) in [5.41, 5.74) is 2.77. The lowest BCUT2D eigenvalue weighted by molar-refractivity contribution is 0.0901. The molecule has 1 aromatic heterocycles. The zero-order valence-electron chi connectivity index (χ0n) is 18.5. The zero-order valence-corrected chi connectivity index (χ0v) is 20.0. The molecule has 4 rings (SSSR count). The predicted octanol–water partition coefficient (Wildman–Crippen LogP) is 5.70. The highest BCUT2D eigenvalue weighted by molar-refractivity contribution is 6.30. The molecule has 0 amide bonds. The number of rotatable bonds is 9. The fourth-order valence-electron chi connectivity index (χ4n) is 3.32. The molecule has 174 valence electrons. The van der Waals surface area contributed by atoms with Crippen LogP contribution in [0.15, 0.2) is 72.8 Å². The second kappa shape index (κ2) is 11.0. The number of carbonyl (C=O) groups excluding carboxylic acids is 1. The van der Waals surface area contributed by atoms with E-state index in [1.165, 1.54) is 4.68 Å². The molecule has 0 aliphatic carbocycles. The monoisotopic (exact) mass is 495 g/mol. The molecule has 0 unspecified atom stereocenters. The number of nitrogens with zero attached hydrogens (tertiary/aromatic N) is 3. The van der Waals surface area contributed by atoms with E-state index in [-0.39, 0.29) is 12.3 Å². The molecule has 1 heterocycles. The van der Waals surface area contributed by atoms with Gasteiger partial charge in [0, 0.05) is 23.1 Å². The highest BCUT2D eigenvalue weighted by Crippen LogP contribution is 2.18. The van der Waals surface area contributed by atoms with Crippen molar-refractivity contribution in [2.24, 2.45) is 0 Å². The van der Waals surface area contributed by atoms with Gasteiger partial charge in [0.2, 0.25) is 11.9 Å². The molecule has 0 radical (unpaired) electrons. The van der Waals surface area contributed by atoms with Gasteiger partial charge < -0.3 is 15.4 Å². The van der Waals surface area contributed by atoms with Crippen LogP contribution in [-0.2, 0) is 19.5 Å². The highest BCUT2D eigenvalue weighted by atomic mass is 35.5. The summed E-state index contributed by atoms with van der Waals surface area (Å²) in [4.78, 5) is 17.6. The van der Waals surface area contributed by atoms with Crippen molar-refractivity contribution in [3.63, 3.8) is 0 Å². The Kier molecular flexibility index (Phi) is 7.67. The van der Waals surface area contributed by atoms with Crippen molar-refractivity contribution in [2.75, 3.05) is 17.7 Å². The van der Waals surface area contributed by atoms with Gasteiger partial charge in [0.1, 0.15) is 5.75 Å². The van der Waals surface area contributed by atoms with Crippen molar-refractivity contribution in [1.29, 1.82) is 0 Å². The van der Waals surface area contributed by atoms with Crippen molar-refractivity contribution >= 4 is 41.0 Å². The van der Waals surface area contributed by atoms with Crippen molar-refractivity contribution < 1.29 is 9.53 Å². The van der Waals surface area contributed by atoms with E-state index < -0.39 is 0 Å². The fraction of sp³-hybridized carbons (Fsp3) is 0.160. The lowest BCUT2D eigenvalue weighted by atomic mass is 10.1. The maximum Gasteiger partial charge on any atom is 0.254 e. The number of ether oxygens (including phenoxy) is 1. The van der Waals surface area contributed by atoms with Gasteiger partial charge >= 0.3 is 0 Å². The molecule has 4 aromatic rings. The molecule has 34 heavy (non-hydrogen) atoms. The van der Waals surface area contributed by atoms with Crippen molar-refractivity contribution in [1.82, 2.24) is 14.8 Å². The zero-order chi connectivity index (χ0) is 23.9. The number of carbonyl (C=O) groups is 1. The minimum atomic E-state index is -0.220. The molecule has 0 atom stereocenters. The van der Waals surface area contributed by atoms with Crippen molar-refractivity contribution in [3.8, 4) is 5.75 Å². The SMILES string of the molecule is COc1ccc(CC(=O)n2nc(NCc3cccc(Cl)c3)nc2NCc2cccc(Cl)c2)cc1. The fourth-order valence-corrected chi connectivity index (χ4v) is 3.75. The third kappa shape index (κ3) is 6.27. The number of hydrogen-bond acceptors (Lipinski definition) is 6.